The molecular weight excluding hydrogens is 230 g/mol. The van der Waals surface area contributed by atoms with Crippen LogP contribution in [0.1, 0.15) is 24.8 Å². The molecule has 96 valence electrons. The van der Waals surface area contributed by atoms with Gasteiger partial charge in [0.2, 0.25) is 5.91 Å². The molecule has 0 spiro atoms. The van der Waals surface area contributed by atoms with Crippen molar-refractivity contribution in [3.63, 3.8) is 0 Å². The van der Waals surface area contributed by atoms with E-state index in [1.807, 2.05) is 29.2 Å². The molecule has 4 heteroatoms. The van der Waals surface area contributed by atoms with Crippen LogP contribution in [0.3, 0.4) is 0 Å². The highest BCUT2D eigenvalue weighted by Crippen LogP contribution is 2.43. The number of hydrogen-bond donors (Lipinski definition) is 0. The number of ether oxygens (including phenoxy) is 2. The van der Waals surface area contributed by atoms with Crippen LogP contribution >= 0.6 is 0 Å². The molecule has 0 saturated carbocycles. The van der Waals surface area contributed by atoms with Crippen molar-refractivity contribution >= 4 is 5.91 Å². The Bertz CT molecular complexity index is 457. The van der Waals surface area contributed by atoms with Gasteiger partial charge < -0.3 is 14.4 Å². The minimum atomic E-state index is -0.526. The Kier molecular flexibility index (Phi) is 2.74. The molecule has 1 amide bonds. The van der Waals surface area contributed by atoms with Crippen molar-refractivity contribution in [2.75, 3.05) is 20.3 Å². The van der Waals surface area contributed by atoms with Gasteiger partial charge in [-0.05, 0) is 18.6 Å². The van der Waals surface area contributed by atoms with E-state index in [2.05, 4.69) is 0 Å². The van der Waals surface area contributed by atoms with Crippen molar-refractivity contribution in [2.24, 2.45) is 0 Å². The summed E-state index contributed by atoms with van der Waals surface area (Å²) in [6.45, 7) is 1.51. The van der Waals surface area contributed by atoms with Crippen molar-refractivity contribution in [1.29, 1.82) is 0 Å². The van der Waals surface area contributed by atoms with Gasteiger partial charge in [-0.3, -0.25) is 4.79 Å². The van der Waals surface area contributed by atoms with E-state index in [4.69, 9.17) is 9.47 Å². The Balaban J connectivity index is 1.98. The highest BCUT2D eigenvalue weighted by molar-refractivity contribution is 5.79. The lowest BCUT2D eigenvalue weighted by Gasteiger charge is -2.42. The predicted molar refractivity (Wildman–Crippen MR) is 66.2 cm³/mol. The lowest BCUT2D eigenvalue weighted by Crippen LogP contribution is -2.49. The minimum absolute atomic E-state index is 0.200. The van der Waals surface area contributed by atoms with Crippen molar-refractivity contribution in [2.45, 2.75) is 25.0 Å². The number of benzene rings is 1. The highest BCUT2D eigenvalue weighted by Gasteiger charge is 2.49. The Morgan fingerprint density at radius 3 is 2.83 bits per heavy atom. The van der Waals surface area contributed by atoms with Gasteiger partial charge in [-0.15, -0.1) is 0 Å². The lowest BCUT2D eigenvalue weighted by atomic mass is 9.98. The third-order valence-electron chi connectivity index (χ3n) is 3.82. The molecule has 2 saturated heterocycles. The molecule has 0 N–H and O–H groups in total. The fourth-order valence-electron chi connectivity index (χ4n) is 2.90. The van der Waals surface area contributed by atoms with Crippen molar-refractivity contribution in [1.82, 2.24) is 4.90 Å². The van der Waals surface area contributed by atoms with E-state index in [0.29, 0.717) is 6.42 Å². The van der Waals surface area contributed by atoms with Gasteiger partial charge in [0.25, 0.3) is 0 Å². The molecule has 2 fully saturated rings. The lowest BCUT2D eigenvalue weighted by molar-refractivity contribution is -0.183. The van der Waals surface area contributed by atoms with E-state index in [0.717, 1.165) is 37.3 Å². The van der Waals surface area contributed by atoms with Crippen LogP contribution in [0.5, 0.6) is 5.75 Å². The van der Waals surface area contributed by atoms with E-state index < -0.39 is 5.72 Å². The third kappa shape index (κ3) is 1.60. The molecule has 0 aromatic heterocycles. The predicted octanol–water partition coefficient (Wildman–Crippen LogP) is 1.89. The minimum Gasteiger partial charge on any atom is -0.497 e. The first-order valence-electron chi connectivity index (χ1n) is 6.35. The van der Waals surface area contributed by atoms with Crippen LogP contribution in [0.4, 0.5) is 0 Å². The van der Waals surface area contributed by atoms with Crippen LogP contribution in [-0.2, 0) is 15.3 Å². The molecule has 1 aromatic rings. The molecule has 2 aliphatic rings. The number of carbonyl (C=O) groups excluding carboxylic acids is 1. The number of methoxy groups -OCH3 is 1. The second-order valence-electron chi connectivity index (χ2n) is 4.76. The van der Waals surface area contributed by atoms with Gasteiger partial charge in [-0.2, -0.15) is 0 Å². The summed E-state index contributed by atoms with van der Waals surface area (Å²) in [5.74, 6) is 1.02. The molecule has 0 radical (unpaired) electrons. The third-order valence-corrected chi connectivity index (χ3v) is 3.82. The van der Waals surface area contributed by atoms with Crippen LogP contribution in [0.2, 0.25) is 0 Å². The average Bonchev–Trinajstić information content (AvgIpc) is 2.78. The van der Waals surface area contributed by atoms with Crippen LogP contribution in [-0.4, -0.2) is 31.1 Å². The molecule has 2 aliphatic heterocycles. The average molecular weight is 247 g/mol. The summed E-state index contributed by atoms with van der Waals surface area (Å²) in [5.41, 5.74) is 0.524. The number of carbonyl (C=O) groups is 1. The zero-order valence-electron chi connectivity index (χ0n) is 10.5. The number of rotatable bonds is 2. The second kappa shape index (κ2) is 4.28. The van der Waals surface area contributed by atoms with Gasteiger partial charge in [0, 0.05) is 24.9 Å². The monoisotopic (exact) mass is 247 g/mol. The van der Waals surface area contributed by atoms with Crippen LogP contribution < -0.4 is 4.74 Å². The van der Waals surface area contributed by atoms with Crippen molar-refractivity contribution in [3.8, 4) is 5.75 Å². The molecule has 0 unspecified atom stereocenters. The molecule has 18 heavy (non-hydrogen) atoms. The molecular formula is C14H17NO3. The quantitative estimate of drug-likeness (QED) is 0.801. The first kappa shape index (κ1) is 11.5. The number of hydrogen-bond acceptors (Lipinski definition) is 3. The van der Waals surface area contributed by atoms with Crippen molar-refractivity contribution in [3.05, 3.63) is 29.8 Å². The summed E-state index contributed by atoms with van der Waals surface area (Å²) in [7, 11) is 1.65. The van der Waals surface area contributed by atoms with Gasteiger partial charge in [-0.25, -0.2) is 0 Å². The Morgan fingerprint density at radius 2 is 2.11 bits per heavy atom. The Morgan fingerprint density at radius 1 is 1.33 bits per heavy atom. The maximum Gasteiger partial charge on any atom is 0.225 e. The molecule has 1 atom stereocenters. The Labute approximate surface area is 106 Å². The fraction of sp³-hybridized carbons (Fsp3) is 0.500. The highest BCUT2D eigenvalue weighted by atomic mass is 16.5. The molecule has 0 aliphatic carbocycles. The van der Waals surface area contributed by atoms with E-state index in [1.54, 1.807) is 7.11 Å². The smallest absolute Gasteiger partial charge is 0.225 e. The summed E-state index contributed by atoms with van der Waals surface area (Å²) >= 11 is 0. The van der Waals surface area contributed by atoms with E-state index in [1.165, 1.54) is 0 Å². The van der Waals surface area contributed by atoms with Gasteiger partial charge in [-0.1, -0.05) is 12.1 Å². The van der Waals surface area contributed by atoms with Gasteiger partial charge in [0.05, 0.1) is 13.7 Å². The standard InChI is InChI=1S/C14H17NO3/c1-17-12-5-3-11(4-6-12)14-8-7-13(16)15(14)9-2-10-18-14/h3-6H,2,7-10H2,1H3/t14-/m0/s1. The topological polar surface area (TPSA) is 38.8 Å². The maximum atomic E-state index is 11.9. The molecule has 1 aromatic carbocycles. The SMILES string of the molecule is COc1ccc([C@@]23CCC(=O)N2CCCO3)cc1. The number of fused-ring (bicyclic) bond motifs is 1. The molecule has 0 bridgehead atoms. The van der Waals surface area contributed by atoms with Gasteiger partial charge >= 0.3 is 0 Å². The summed E-state index contributed by atoms with van der Waals surface area (Å²) < 4.78 is 11.1. The fourth-order valence-corrected chi connectivity index (χ4v) is 2.90. The van der Waals surface area contributed by atoms with E-state index in [9.17, 15) is 4.79 Å². The second-order valence-corrected chi connectivity index (χ2v) is 4.76. The largest absolute Gasteiger partial charge is 0.497 e. The number of amides is 1. The van der Waals surface area contributed by atoms with Crippen LogP contribution in [0, 0.1) is 0 Å². The van der Waals surface area contributed by atoms with Crippen LogP contribution in [0.25, 0.3) is 0 Å². The normalized spacial score (nSPS) is 27.2. The molecule has 4 nitrogen and oxygen atoms in total. The van der Waals surface area contributed by atoms with Crippen molar-refractivity contribution < 1.29 is 14.3 Å². The first-order valence-corrected chi connectivity index (χ1v) is 6.35. The summed E-state index contributed by atoms with van der Waals surface area (Å²) in [6.07, 6.45) is 2.24. The first-order chi connectivity index (χ1) is 8.76. The summed E-state index contributed by atoms with van der Waals surface area (Å²) in [5, 5.41) is 0. The zero-order chi connectivity index (χ0) is 12.6. The van der Waals surface area contributed by atoms with E-state index in [-0.39, 0.29) is 5.91 Å². The maximum absolute atomic E-state index is 11.9. The Hall–Kier alpha value is -1.55. The van der Waals surface area contributed by atoms with Gasteiger partial charge in [0.15, 0.2) is 5.72 Å². The van der Waals surface area contributed by atoms with Gasteiger partial charge in [0.1, 0.15) is 5.75 Å². The van der Waals surface area contributed by atoms with E-state index >= 15 is 0 Å². The molecule has 2 heterocycles. The van der Waals surface area contributed by atoms with Crippen LogP contribution in [0.15, 0.2) is 24.3 Å². The number of nitrogens with zero attached hydrogens (tertiary/aromatic N) is 1. The zero-order valence-corrected chi connectivity index (χ0v) is 10.5. The molecule has 3 rings (SSSR count). The summed E-state index contributed by atoms with van der Waals surface area (Å²) in [6, 6.07) is 7.83. The summed E-state index contributed by atoms with van der Waals surface area (Å²) in [4.78, 5) is 13.8.